The van der Waals surface area contributed by atoms with Crippen molar-refractivity contribution in [3.05, 3.63) is 52.7 Å². The molecule has 0 radical (unpaired) electrons. The van der Waals surface area contributed by atoms with E-state index in [4.69, 9.17) is 5.73 Å². The number of benzene rings is 2. The molecule has 0 aliphatic heterocycles. The van der Waals surface area contributed by atoms with Gasteiger partial charge in [0.25, 0.3) is 0 Å². The number of nitrogen functional groups attached to an aromatic ring is 1. The van der Waals surface area contributed by atoms with Gasteiger partial charge in [-0.15, -0.1) is 0 Å². The Morgan fingerprint density at radius 1 is 1.00 bits per heavy atom. The molecule has 1 aromatic heterocycles. The van der Waals surface area contributed by atoms with Gasteiger partial charge in [-0.1, -0.05) is 32.0 Å². The molecule has 120 valence electrons. The lowest BCUT2D eigenvalue weighted by molar-refractivity contribution is 0.293. The molecule has 0 bridgehead atoms. The summed E-state index contributed by atoms with van der Waals surface area (Å²) in [5.74, 6) is 0. The van der Waals surface area contributed by atoms with Gasteiger partial charge >= 0.3 is 0 Å². The molecular weight excluding hydrogens is 286 g/mol. The fourth-order valence-electron chi connectivity index (χ4n) is 3.22. The summed E-state index contributed by atoms with van der Waals surface area (Å²) >= 11 is 0. The van der Waals surface area contributed by atoms with Gasteiger partial charge in [-0.05, 0) is 37.4 Å². The number of para-hydroxylation sites is 1. The van der Waals surface area contributed by atoms with E-state index in [0.717, 1.165) is 42.6 Å². The lowest BCUT2D eigenvalue weighted by atomic mass is 10.1. The topological polar surface area (TPSA) is 51.3 Å². The van der Waals surface area contributed by atoms with Crippen molar-refractivity contribution < 1.29 is 0 Å². The first-order valence-electron chi connectivity index (χ1n) is 8.19. The lowest BCUT2D eigenvalue weighted by Crippen LogP contribution is -2.27. The minimum absolute atomic E-state index is 0.0211. The van der Waals surface area contributed by atoms with Crippen molar-refractivity contribution in [1.82, 2.24) is 9.47 Å². The Balaban J connectivity index is 2.26. The van der Waals surface area contributed by atoms with Gasteiger partial charge < -0.3 is 15.2 Å². The van der Waals surface area contributed by atoms with Gasteiger partial charge in [-0.25, -0.2) is 0 Å². The third kappa shape index (κ3) is 2.70. The van der Waals surface area contributed by atoms with Gasteiger partial charge in [0, 0.05) is 24.2 Å². The summed E-state index contributed by atoms with van der Waals surface area (Å²) in [5, 5.41) is 1.36. The molecule has 2 aromatic carbocycles. The second-order valence-corrected chi connectivity index (χ2v) is 5.77. The van der Waals surface area contributed by atoms with Crippen LogP contribution >= 0.6 is 0 Å². The van der Waals surface area contributed by atoms with Crippen LogP contribution in [-0.2, 0) is 6.54 Å². The van der Waals surface area contributed by atoms with Crippen LogP contribution in [0.2, 0.25) is 0 Å². The summed E-state index contributed by atoms with van der Waals surface area (Å²) < 4.78 is 2.22. The first-order chi connectivity index (χ1) is 11.2. The van der Waals surface area contributed by atoms with Crippen LogP contribution in [0.5, 0.6) is 0 Å². The number of fused-ring (bicyclic) bond motifs is 2. The fraction of sp³-hybridized carbons (Fsp3) is 0.316. The van der Waals surface area contributed by atoms with Crippen molar-refractivity contribution in [3.63, 3.8) is 0 Å². The average molecular weight is 309 g/mol. The maximum absolute atomic E-state index is 12.8. The van der Waals surface area contributed by atoms with Gasteiger partial charge in [0.2, 0.25) is 0 Å². The van der Waals surface area contributed by atoms with Crippen LogP contribution in [0.15, 0.2) is 47.3 Å². The van der Waals surface area contributed by atoms with Crippen LogP contribution in [0.1, 0.15) is 13.8 Å². The third-order valence-electron chi connectivity index (χ3n) is 4.57. The first kappa shape index (κ1) is 15.6. The predicted octanol–water partition coefficient (Wildman–Crippen LogP) is 3.08. The van der Waals surface area contributed by atoms with Crippen LogP contribution < -0.4 is 11.2 Å². The lowest BCUT2D eigenvalue weighted by Gasteiger charge is -2.21. The average Bonchev–Trinajstić information content (AvgIpc) is 2.58. The monoisotopic (exact) mass is 309 g/mol. The smallest absolute Gasteiger partial charge is 0.199 e. The number of pyridine rings is 1. The summed E-state index contributed by atoms with van der Waals surface area (Å²) in [6.45, 7) is 8.17. The third-order valence-corrected chi connectivity index (χ3v) is 4.57. The second kappa shape index (κ2) is 6.42. The number of rotatable bonds is 5. The highest BCUT2D eigenvalue weighted by Gasteiger charge is 2.12. The summed E-state index contributed by atoms with van der Waals surface area (Å²) in [5.41, 5.74) is 8.57. The molecule has 0 aliphatic rings. The Morgan fingerprint density at radius 2 is 1.70 bits per heavy atom. The normalized spacial score (nSPS) is 11.6. The van der Waals surface area contributed by atoms with E-state index in [1.165, 1.54) is 0 Å². The van der Waals surface area contributed by atoms with E-state index < -0.39 is 0 Å². The molecule has 1 heterocycles. The summed E-state index contributed by atoms with van der Waals surface area (Å²) in [6, 6.07) is 13.5. The Bertz CT molecular complexity index is 894. The fourth-order valence-corrected chi connectivity index (χ4v) is 3.22. The molecule has 0 amide bonds. The summed E-state index contributed by atoms with van der Waals surface area (Å²) in [4.78, 5) is 15.2. The van der Waals surface area contributed by atoms with Crippen molar-refractivity contribution in [1.29, 1.82) is 0 Å². The number of hydrogen-bond donors (Lipinski definition) is 1. The molecule has 0 saturated heterocycles. The highest BCUT2D eigenvalue weighted by molar-refractivity contribution is 5.99. The first-order valence-corrected chi connectivity index (χ1v) is 8.19. The van der Waals surface area contributed by atoms with Crippen LogP contribution in [-0.4, -0.2) is 29.1 Å². The van der Waals surface area contributed by atoms with Crippen molar-refractivity contribution in [2.75, 3.05) is 25.4 Å². The van der Waals surface area contributed by atoms with Crippen molar-refractivity contribution in [3.8, 4) is 0 Å². The molecule has 4 nitrogen and oxygen atoms in total. The highest BCUT2D eigenvalue weighted by atomic mass is 16.1. The zero-order valence-electron chi connectivity index (χ0n) is 13.7. The zero-order valence-corrected chi connectivity index (χ0v) is 13.7. The molecular formula is C19H23N3O. The van der Waals surface area contributed by atoms with Gasteiger partial charge in [-0.3, -0.25) is 4.79 Å². The van der Waals surface area contributed by atoms with Crippen LogP contribution in [0.3, 0.4) is 0 Å². The van der Waals surface area contributed by atoms with E-state index in [2.05, 4.69) is 23.3 Å². The standard InChI is InChI=1S/C19H23N3O/c1-3-21(4-2)12-13-22-16-10-6-5-8-14(16)19(23)18-15(20)9-7-11-17(18)22/h5-11H,3-4,12-13,20H2,1-2H3. The number of likely N-dealkylation sites (N-methyl/N-ethyl adjacent to an activating group) is 1. The molecule has 0 fully saturated rings. The number of hydrogen-bond acceptors (Lipinski definition) is 3. The minimum atomic E-state index is 0.0211. The summed E-state index contributed by atoms with van der Waals surface area (Å²) in [6.07, 6.45) is 0. The number of aromatic nitrogens is 1. The van der Waals surface area contributed by atoms with Gasteiger partial charge in [0.1, 0.15) is 0 Å². The quantitative estimate of drug-likeness (QED) is 0.582. The van der Waals surface area contributed by atoms with Crippen LogP contribution in [0, 0.1) is 0 Å². The van der Waals surface area contributed by atoms with Gasteiger partial charge in [0.05, 0.1) is 16.4 Å². The molecule has 0 aliphatic carbocycles. The highest BCUT2D eigenvalue weighted by Crippen LogP contribution is 2.23. The Morgan fingerprint density at radius 3 is 2.43 bits per heavy atom. The van der Waals surface area contributed by atoms with Crippen molar-refractivity contribution in [2.24, 2.45) is 0 Å². The molecule has 0 unspecified atom stereocenters. The maximum Gasteiger partial charge on any atom is 0.199 e. The molecule has 2 N–H and O–H groups in total. The molecule has 0 spiro atoms. The SMILES string of the molecule is CCN(CC)CCn1c2ccccc2c(=O)c2c(N)cccc21. The summed E-state index contributed by atoms with van der Waals surface area (Å²) in [7, 11) is 0. The Hall–Kier alpha value is -2.33. The van der Waals surface area contributed by atoms with E-state index in [9.17, 15) is 4.79 Å². The van der Waals surface area contributed by atoms with E-state index in [1.807, 2.05) is 36.4 Å². The minimum Gasteiger partial charge on any atom is -0.398 e. The molecule has 0 atom stereocenters. The van der Waals surface area contributed by atoms with E-state index in [-0.39, 0.29) is 5.43 Å². The molecule has 3 aromatic rings. The molecule has 23 heavy (non-hydrogen) atoms. The van der Waals surface area contributed by atoms with E-state index in [0.29, 0.717) is 11.1 Å². The van der Waals surface area contributed by atoms with Crippen molar-refractivity contribution in [2.45, 2.75) is 20.4 Å². The van der Waals surface area contributed by atoms with Crippen LogP contribution in [0.4, 0.5) is 5.69 Å². The molecule has 4 heteroatoms. The number of nitrogens with zero attached hydrogens (tertiary/aromatic N) is 2. The predicted molar refractivity (Wildman–Crippen MR) is 97.9 cm³/mol. The Labute approximate surface area is 136 Å². The maximum atomic E-state index is 12.8. The zero-order chi connectivity index (χ0) is 16.4. The molecule has 3 rings (SSSR count). The Kier molecular flexibility index (Phi) is 4.35. The largest absolute Gasteiger partial charge is 0.398 e. The number of nitrogens with two attached hydrogens (primary N) is 1. The van der Waals surface area contributed by atoms with Crippen LogP contribution in [0.25, 0.3) is 21.8 Å². The van der Waals surface area contributed by atoms with Crippen molar-refractivity contribution >= 4 is 27.5 Å². The molecule has 0 saturated carbocycles. The number of anilines is 1. The van der Waals surface area contributed by atoms with Gasteiger partial charge in [0.15, 0.2) is 5.43 Å². The second-order valence-electron chi connectivity index (χ2n) is 5.77. The van der Waals surface area contributed by atoms with Gasteiger partial charge in [-0.2, -0.15) is 0 Å². The van der Waals surface area contributed by atoms with E-state index in [1.54, 1.807) is 6.07 Å². The van der Waals surface area contributed by atoms with E-state index >= 15 is 0 Å².